The topological polar surface area (TPSA) is 286 Å². The van der Waals surface area contributed by atoms with Crippen LogP contribution in [0, 0.1) is 30.3 Å². The lowest BCUT2D eigenvalue weighted by Crippen LogP contribution is -2.37. The molecule has 0 aliphatic rings. The summed E-state index contributed by atoms with van der Waals surface area (Å²) in [6, 6.07) is 0. The average Bonchev–Trinajstić information content (AvgIpc) is 2.92. The van der Waals surface area contributed by atoms with Crippen LogP contribution in [0.1, 0.15) is 71.1 Å². The SMILES string of the molecule is CCC(CCCCOC(=O)NC(CCCN=C(N)CC(=O)OCCCCC(CO[N+](=O)[O-])O[N+](=O)[O-])OC=O)O[N+](=O)[O-]. The first-order valence-corrected chi connectivity index (χ1v) is 13.3. The van der Waals surface area contributed by atoms with Gasteiger partial charge in [0.2, 0.25) is 0 Å². The first kappa shape index (κ1) is 38.3. The van der Waals surface area contributed by atoms with Crippen molar-refractivity contribution in [2.75, 3.05) is 26.4 Å². The molecule has 3 unspecified atom stereocenters. The Bertz CT molecular complexity index is 906. The Morgan fingerprint density at radius 2 is 1.49 bits per heavy atom. The summed E-state index contributed by atoms with van der Waals surface area (Å²) in [5, 5.41) is 30.4. The maximum atomic E-state index is 11.9. The summed E-state index contributed by atoms with van der Waals surface area (Å²) < 4.78 is 14.8. The van der Waals surface area contributed by atoms with Crippen LogP contribution in [0.5, 0.6) is 0 Å². The number of nitrogens with zero attached hydrogens (tertiary/aromatic N) is 4. The molecule has 0 saturated heterocycles. The summed E-state index contributed by atoms with van der Waals surface area (Å²) in [6.45, 7) is 1.46. The highest BCUT2D eigenvalue weighted by molar-refractivity contribution is 5.96. The molecule has 0 saturated carbocycles. The molecule has 0 spiro atoms. The second-order valence-corrected chi connectivity index (χ2v) is 8.73. The van der Waals surface area contributed by atoms with Crippen molar-refractivity contribution in [1.82, 2.24) is 5.32 Å². The number of amides is 1. The van der Waals surface area contributed by atoms with E-state index in [4.69, 9.17) is 19.9 Å². The molecule has 1 amide bonds. The third-order valence-corrected chi connectivity index (χ3v) is 5.39. The highest BCUT2D eigenvalue weighted by Crippen LogP contribution is 2.10. The van der Waals surface area contributed by atoms with Crippen LogP contribution in [0.15, 0.2) is 4.99 Å². The molecule has 0 aromatic rings. The fraction of sp³-hybridized carbons (Fsp3) is 0.818. The summed E-state index contributed by atoms with van der Waals surface area (Å²) >= 11 is 0. The van der Waals surface area contributed by atoms with Gasteiger partial charge >= 0.3 is 12.1 Å². The Morgan fingerprint density at radius 3 is 2.07 bits per heavy atom. The minimum atomic E-state index is -1.15. The van der Waals surface area contributed by atoms with E-state index in [0.29, 0.717) is 44.9 Å². The Hall–Kier alpha value is -4.72. The Kier molecular flexibility index (Phi) is 21.3. The van der Waals surface area contributed by atoms with Crippen LogP contribution < -0.4 is 11.1 Å². The van der Waals surface area contributed by atoms with Gasteiger partial charge in [-0.15, -0.1) is 30.3 Å². The highest BCUT2D eigenvalue weighted by atomic mass is 17.0. The number of nitrogens with one attached hydrogen (secondary N) is 1. The number of rotatable bonds is 27. The predicted molar refractivity (Wildman–Crippen MR) is 141 cm³/mol. The standard InChI is InChI=1S/C22H38N6O15/c1-2-17(42-27(34)35)8-3-6-13-39-22(31)25-20(40-16-29)10-7-11-24-19(23)14-21(30)38-12-5-4-9-18(43-28(36)37)15-41-26(32)33/h16-18,20H,2-15H2,1H3,(H2,23,24)(H,25,31). The van der Waals surface area contributed by atoms with E-state index in [-0.39, 0.29) is 51.3 Å². The van der Waals surface area contributed by atoms with Crippen LogP contribution in [-0.4, -0.2) is 84.4 Å². The molecule has 0 rings (SSSR count). The molecule has 0 aliphatic carbocycles. The first-order valence-electron chi connectivity index (χ1n) is 13.3. The number of hydrogen-bond donors (Lipinski definition) is 2. The Balaban J connectivity index is 4.20. The number of esters is 1. The quantitative estimate of drug-likeness (QED) is 0.0150. The lowest BCUT2D eigenvalue weighted by atomic mass is 10.1. The number of alkyl carbamates (subject to hydrolysis) is 1. The van der Waals surface area contributed by atoms with Crippen molar-refractivity contribution >= 4 is 24.4 Å². The maximum absolute atomic E-state index is 11.9. The highest BCUT2D eigenvalue weighted by Gasteiger charge is 2.17. The van der Waals surface area contributed by atoms with Gasteiger partial charge in [0.15, 0.2) is 6.23 Å². The number of unbranched alkanes of at least 4 members (excludes halogenated alkanes) is 2. The van der Waals surface area contributed by atoms with Gasteiger partial charge in [-0.2, -0.15) is 0 Å². The van der Waals surface area contributed by atoms with Crippen molar-refractivity contribution in [3.05, 3.63) is 30.3 Å². The van der Waals surface area contributed by atoms with Gasteiger partial charge in [0.1, 0.15) is 31.1 Å². The maximum Gasteiger partial charge on any atom is 0.409 e. The van der Waals surface area contributed by atoms with Crippen LogP contribution in [0.25, 0.3) is 0 Å². The molecule has 0 radical (unpaired) electrons. The molecule has 21 heteroatoms. The second kappa shape index (κ2) is 23.9. The smallest absolute Gasteiger partial charge is 0.409 e. The summed E-state index contributed by atoms with van der Waals surface area (Å²) in [5.74, 6) is -0.686. The van der Waals surface area contributed by atoms with Gasteiger partial charge < -0.3 is 34.5 Å². The summed E-state index contributed by atoms with van der Waals surface area (Å²) in [7, 11) is 0. The van der Waals surface area contributed by atoms with Gasteiger partial charge in [0.05, 0.1) is 13.2 Å². The van der Waals surface area contributed by atoms with Crippen LogP contribution >= 0.6 is 0 Å². The monoisotopic (exact) mass is 626 g/mol. The van der Waals surface area contributed by atoms with Crippen molar-refractivity contribution < 1.29 is 58.4 Å². The van der Waals surface area contributed by atoms with E-state index in [1.54, 1.807) is 6.92 Å². The first-order chi connectivity index (χ1) is 20.5. The van der Waals surface area contributed by atoms with Gasteiger partial charge in [-0.1, -0.05) is 6.92 Å². The van der Waals surface area contributed by atoms with Gasteiger partial charge in [-0.05, 0) is 51.4 Å². The molecular formula is C22H38N6O15. The largest absolute Gasteiger partial charge is 0.465 e. The van der Waals surface area contributed by atoms with E-state index >= 15 is 0 Å². The van der Waals surface area contributed by atoms with E-state index in [2.05, 4.69) is 24.8 Å². The normalized spacial score (nSPS) is 13.0. The van der Waals surface area contributed by atoms with Crippen molar-refractivity contribution in [3.8, 4) is 0 Å². The van der Waals surface area contributed by atoms with Crippen LogP contribution in [0.4, 0.5) is 4.79 Å². The molecule has 0 heterocycles. The molecule has 0 bridgehead atoms. The summed E-state index contributed by atoms with van der Waals surface area (Å²) in [4.78, 5) is 82.6. The minimum Gasteiger partial charge on any atom is -0.465 e. The fourth-order valence-corrected chi connectivity index (χ4v) is 3.35. The lowest BCUT2D eigenvalue weighted by Gasteiger charge is -2.16. The van der Waals surface area contributed by atoms with Crippen molar-refractivity contribution in [1.29, 1.82) is 0 Å². The lowest BCUT2D eigenvalue weighted by molar-refractivity contribution is -0.790. The molecule has 43 heavy (non-hydrogen) atoms. The van der Waals surface area contributed by atoms with E-state index in [9.17, 15) is 44.7 Å². The second-order valence-electron chi connectivity index (χ2n) is 8.73. The van der Waals surface area contributed by atoms with Crippen LogP contribution in [-0.2, 0) is 38.3 Å². The predicted octanol–water partition coefficient (Wildman–Crippen LogP) is 1.40. The summed E-state index contributed by atoms with van der Waals surface area (Å²) in [5.41, 5.74) is 5.72. The number of aliphatic imine (C=N–C) groups is 1. The number of ether oxygens (including phenoxy) is 3. The van der Waals surface area contributed by atoms with E-state index in [1.165, 1.54) is 0 Å². The minimum absolute atomic E-state index is 0.0180. The molecular weight excluding hydrogens is 588 g/mol. The van der Waals surface area contributed by atoms with Crippen LogP contribution in [0.2, 0.25) is 0 Å². The molecule has 3 N–H and O–H groups in total. The van der Waals surface area contributed by atoms with Crippen molar-refractivity contribution in [2.45, 2.75) is 89.6 Å². The van der Waals surface area contributed by atoms with Crippen LogP contribution in [0.3, 0.4) is 0 Å². The van der Waals surface area contributed by atoms with E-state index < -0.39 is 52.4 Å². The fourth-order valence-electron chi connectivity index (χ4n) is 3.35. The summed E-state index contributed by atoms with van der Waals surface area (Å²) in [6.07, 6.45) is -0.794. The molecule has 0 aromatic heterocycles. The zero-order valence-corrected chi connectivity index (χ0v) is 23.7. The molecule has 246 valence electrons. The van der Waals surface area contributed by atoms with Crippen molar-refractivity contribution in [2.24, 2.45) is 10.7 Å². The average molecular weight is 627 g/mol. The zero-order valence-electron chi connectivity index (χ0n) is 23.7. The van der Waals surface area contributed by atoms with Crippen molar-refractivity contribution in [3.63, 3.8) is 0 Å². The number of carbonyl (C=O) groups is 3. The number of carbonyl (C=O) groups excluding carboxylic acids is 3. The van der Waals surface area contributed by atoms with E-state index in [0.717, 1.165) is 0 Å². The third kappa shape index (κ3) is 23.7. The molecule has 0 fully saturated rings. The zero-order chi connectivity index (χ0) is 32.5. The Labute approximate surface area is 245 Å². The van der Waals surface area contributed by atoms with Gasteiger partial charge in [-0.3, -0.25) is 19.9 Å². The van der Waals surface area contributed by atoms with Gasteiger partial charge in [0.25, 0.3) is 21.7 Å². The molecule has 0 aromatic carbocycles. The molecule has 0 aliphatic heterocycles. The number of hydrogen-bond acceptors (Lipinski definition) is 16. The molecule has 3 atom stereocenters. The third-order valence-electron chi connectivity index (χ3n) is 5.39. The number of amidine groups is 1. The van der Waals surface area contributed by atoms with Gasteiger partial charge in [-0.25, -0.2) is 4.79 Å². The number of nitrogens with two attached hydrogens (primary N) is 1. The Morgan fingerprint density at radius 1 is 0.884 bits per heavy atom. The van der Waals surface area contributed by atoms with Gasteiger partial charge in [0, 0.05) is 13.0 Å². The van der Waals surface area contributed by atoms with E-state index in [1.807, 2.05) is 0 Å². The molecule has 21 nitrogen and oxygen atoms in total.